The number of halogens is 3. The Morgan fingerprint density at radius 3 is 2.55 bits per heavy atom. The number of benzene rings is 1. The molecule has 3 N–H and O–H groups in total. The van der Waals surface area contributed by atoms with E-state index in [9.17, 15) is 9.18 Å². The van der Waals surface area contributed by atoms with E-state index in [0.29, 0.717) is 55.3 Å². The van der Waals surface area contributed by atoms with Gasteiger partial charge >= 0.3 is 6.09 Å². The van der Waals surface area contributed by atoms with E-state index in [1.807, 2.05) is 6.07 Å². The van der Waals surface area contributed by atoms with Crippen LogP contribution in [-0.4, -0.2) is 59.5 Å². The molecule has 2 aromatic heterocycles. The van der Waals surface area contributed by atoms with Gasteiger partial charge in [0.25, 0.3) is 0 Å². The Hall–Kier alpha value is -3.63. The molecule has 1 aliphatic heterocycles. The third-order valence-electron chi connectivity index (χ3n) is 6.15. The SMILES string of the molecule is CCOC(=O)N1CCN(c2ccc(C(=N)c3cc(O[C@H](C)c4c(Cl)cnc(F)c4Cl)ccc3N)cn2)CC1. The fourth-order valence-corrected chi connectivity index (χ4v) is 4.78. The van der Waals surface area contributed by atoms with E-state index in [2.05, 4.69) is 14.9 Å². The van der Waals surface area contributed by atoms with Gasteiger partial charge in [-0.05, 0) is 44.2 Å². The van der Waals surface area contributed by atoms with E-state index >= 15 is 0 Å². The highest BCUT2D eigenvalue weighted by molar-refractivity contribution is 6.35. The predicted octanol–water partition coefficient (Wildman–Crippen LogP) is 5.34. The van der Waals surface area contributed by atoms with Crippen molar-refractivity contribution >= 4 is 46.5 Å². The van der Waals surface area contributed by atoms with Crippen molar-refractivity contribution in [1.82, 2.24) is 14.9 Å². The summed E-state index contributed by atoms with van der Waals surface area (Å²) in [6, 6.07) is 8.56. The Morgan fingerprint density at radius 2 is 1.89 bits per heavy atom. The highest BCUT2D eigenvalue weighted by Gasteiger charge is 2.23. The van der Waals surface area contributed by atoms with Gasteiger partial charge < -0.3 is 25.0 Å². The minimum Gasteiger partial charge on any atom is -0.486 e. The molecule has 12 heteroatoms. The van der Waals surface area contributed by atoms with Gasteiger partial charge in [0.2, 0.25) is 5.95 Å². The lowest BCUT2D eigenvalue weighted by Gasteiger charge is -2.34. The molecule has 3 heterocycles. The normalized spacial score (nSPS) is 14.2. The number of ether oxygens (including phenoxy) is 2. The monoisotopic (exact) mass is 560 g/mol. The molecule has 0 bridgehead atoms. The summed E-state index contributed by atoms with van der Waals surface area (Å²) >= 11 is 12.2. The summed E-state index contributed by atoms with van der Waals surface area (Å²) in [6.45, 7) is 6.16. The molecule has 0 unspecified atom stereocenters. The van der Waals surface area contributed by atoms with Crippen molar-refractivity contribution in [2.45, 2.75) is 20.0 Å². The number of aromatic nitrogens is 2. The minimum atomic E-state index is -0.835. The van der Waals surface area contributed by atoms with Gasteiger partial charge in [-0.2, -0.15) is 4.39 Å². The number of nitrogens with two attached hydrogens (primary N) is 1. The van der Waals surface area contributed by atoms with Crippen LogP contribution in [0.25, 0.3) is 0 Å². The van der Waals surface area contributed by atoms with Crippen LogP contribution in [0.3, 0.4) is 0 Å². The smallest absolute Gasteiger partial charge is 0.409 e. The number of piperazine rings is 1. The summed E-state index contributed by atoms with van der Waals surface area (Å²) < 4.78 is 24.9. The first-order chi connectivity index (χ1) is 18.2. The Labute approximate surface area is 229 Å². The maximum Gasteiger partial charge on any atom is 0.409 e. The number of carbonyl (C=O) groups excluding carboxylic acids is 1. The van der Waals surface area contributed by atoms with Gasteiger partial charge in [-0.15, -0.1) is 0 Å². The highest BCUT2D eigenvalue weighted by atomic mass is 35.5. The van der Waals surface area contributed by atoms with Crippen molar-refractivity contribution in [2.75, 3.05) is 43.4 Å². The molecule has 1 fully saturated rings. The van der Waals surface area contributed by atoms with Crippen molar-refractivity contribution in [3.63, 3.8) is 0 Å². The third kappa shape index (κ3) is 5.92. The number of anilines is 2. The van der Waals surface area contributed by atoms with Crippen molar-refractivity contribution < 1.29 is 18.7 Å². The first kappa shape index (κ1) is 27.4. The first-order valence-electron chi connectivity index (χ1n) is 12.0. The molecule has 3 aromatic rings. The van der Waals surface area contributed by atoms with Crippen LogP contribution in [0.5, 0.6) is 5.75 Å². The van der Waals surface area contributed by atoms with E-state index < -0.39 is 12.1 Å². The second-order valence-electron chi connectivity index (χ2n) is 8.59. The molecule has 1 amide bonds. The summed E-state index contributed by atoms with van der Waals surface area (Å²) in [4.78, 5) is 23.7. The van der Waals surface area contributed by atoms with E-state index in [1.165, 1.54) is 6.20 Å². The lowest BCUT2D eigenvalue weighted by molar-refractivity contribution is 0.105. The zero-order valence-corrected chi connectivity index (χ0v) is 22.4. The average molecular weight is 561 g/mol. The first-order valence-corrected chi connectivity index (χ1v) is 12.7. The van der Waals surface area contributed by atoms with Crippen LogP contribution in [-0.2, 0) is 4.74 Å². The summed E-state index contributed by atoms with van der Waals surface area (Å²) in [6.07, 6.45) is 1.80. The number of nitrogen functional groups attached to an aromatic ring is 1. The maximum atomic E-state index is 13.9. The summed E-state index contributed by atoms with van der Waals surface area (Å²) in [5, 5.41) is 8.71. The van der Waals surface area contributed by atoms with Crippen LogP contribution in [0.1, 0.15) is 36.6 Å². The molecular weight excluding hydrogens is 534 g/mol. The van der Waals surface area contributed by atoms with Gasteiger partial charge in [-0.3, -0.25) is 5.41 Å². The fourth-order valence-electron chi connectivity index (χ4n) is 4.13. The number of carbonyl (C=O) groups is 1. The van der Waals surface area contributed by atoms with Crippen molar-refractivity contribution in [2.24, 2.45) is 0 Å². The number of hydrogen-bond acceptors (Lipinski definition) is 8. The topological polar surface area (TPSA) is 118 Å². The molecule has 1 atom stereocenters. The van der Waals surface area contributed by atoms with Crippen LogP contribution in [0.4, 0.5) is 20.7 Å². The van der Waals surface area contributed by atoms with Crippen LogP contribution in [0.15, 0.2) is 42.7 Å². The van der Waals surface area contributed by atoms with E-state index in [0.717, 1.165) is 5.82 Å². The number of nitrogens with one attached hydrogen (secondary N) is 1. The van der Waals surface area contributed by atoms with Crippen LogP contribution in [0.2, 0.25) is 10.0 Å². The quantitative estimate of drug-likeness (QED) is 0.227. The van der Waals surface area contributed by atoms with Gasteiger partial charge in [0.15, 0.2) is 0 Å². The third-order valence-corrected chi connectivity index (χ3v) is 6.81. The van der Waals surface area contributed by atoms with Gasteiger partial charge in [-0.25, -0.2) is 14.8 Å². The average Bonchev–Trinajstić information content (AvgIpc) is 2.92. The second kappa shape index (κ2) is 11.8. The predicted molar refractivity (Wildman–Crippen MR) is 145 cm³/mol. The summed E-state index contributed by atoms with van der Waals surface area (Å²) in [7, 11) is 0. The van der Waals surface area contributed by atoms with Gasteiger partial charge in [0, 0.05) is 61.0 Å². The highest BCUT2D eigenvalue weighted by Crippen LogP contribution is 2.34. The summed E-state index contributed by atoms with van der Waals surface area (Å²) in [5.74, 6) is 0.320. The Morgan fingerprint density at radius 1 is 1.16 bits per heavy atom. The molecule has 0 saturated carbocycles. The summed E-state index contributed by atoms with van der Waals surface area (Å²) in [5.41, 5.74) is 8.02. The van der Waals surface area contributed by atoms with Gasteiger partial charge in [0.05, 0.1) is 17.3 Å². The molecular formula is C26H27Cl2FN6O3. The lowest BCUT2D eigenvalue weighted by Crippen LogP contribution is -2.49. The van der Waals surface area contributed by atoms with Crippen LogP contribution in [0, 0.1) is 11.4 Å². The number of nitrogens with zero attached hydrogens (tertiary/aromatic N) is 4. The molecule has 4 rings (SSSR count). The van der Waals surface area contributed by atoms with Crippen molar-refractivity contribution in [3.05, 3.63) is 75.4 Å². The van der Waals surface area contributed by atoms with Crippen molar-refractivity contribution in [1.29, 1.82) is 5.41 Å². The number of amides is 1. The minimum absolute atomic E-state index is 0.165. The molecule has 0 spiro atoms. The molecule has 38 heavy (non-hydrogen) atoms. The van der Waals surface area contributed by atoms with E-state index in [4.69, 9.17) is 43.8 Å². The van der Waals surface area contributed by atoms with Gasteiger partial charge in [-0.1, -0.05) is 23.2 Å². The zero-order chi connectivity index (χ0) is 27.4. The van der Waals surface area contributed by atoms with Crippen LogP contribution >= 0.6 is 23.2 Å². The lowest BCUT2D eigenvalue weighted by atomic mass is 10.0. The zero-order valence-electron chi connectivity index (χ0n) is 20.9. The number of rotatable bonds is 7. The molecule has 0 aliphatic carbocycles. The van der Waals surface area contributed by atoms with E-state index in [-0.39, 0.29) is 27.4 Å². The van der Waals surface area contributed by atoms with Crippen molar-refractivity contribution in [3.8, 4) is 5.75 Å². The number of hydrogen-bond donors (Lipinski definition) is 2. The van der Waals surface area contributed by atoms with E-state index in [1.54, 1.807) is 49.2 Å². The molecule has 1 aromatic carbocycles. The molecule has 1 aliphatic rings. The molecule has 9 nitrogen and oxygen atoms in total. The standard InChI is InChI=1S/C26H27Cl2FN6O3/c1-3-37-26(36)35-10-8-34(9-11-35)21-7-4-16(13-32-21)24(31)18-12-17(5-6-20(18)30)38-15(2)22-19(27)14-33-25(29)23(22)28/h4-7,12-15,31H,3,8-11,30H2,1-2H3/t15-/m1/s1. The van der Waals surface area contributed by atoms with Gasteiger partial charge in [0.1, 0.15) is 22.7 Å². The second-order valence-corrected chi connectivity index (χ2v) is 9.37. The van der Waals surface area contributed by atoms with Crippen LogP contribution < -0.4 is 15.4 Å². The Balaban J connectivity index is 1.46. The molecule has 200 valence electrons. The Bertz CT molecular complexity index is 1330. The Kier molecular flexibility index (Phi) is 8.53. The molecule has 1 saturated heterocycles. The fraction of sp³-hybridized carbons (Fsp3) is 0.308. The number of pyridine rings is 2. The molecule has 0 radical (unpaired) electrons. The maximum absolute atomic E-state index is 13.9. The largest absolute Gasteiger partial charge is 0.486 e.